The number of hydrogen-bond donors (Lipinski definition) is 4. The van der Waals surface area contributed by atoms with Crippen LogP contribution in [0.1, 0.15) is 16.1 Å². The molecule has 0 saturated heterocycles. The van der Waals surface area contributed by atoms with Crippen LogP contribution in [0.3, 0.4) is 0 Å². The predicted octanol–water partition coefficient (Wildman–Crippen LogP) is 4.41. The molecule has 0 saturated carbocycles. The van der Waals surface area contributed by atoms with Crippen molar-refractivity contribution in [2.24, 2.45) is 0 Å². The van der Waals surface area contributed by atoms with Crippen LogP contribution in [0.2, 0.25) is 0 Å². The zero-order valence-electron chi connectivity index (χ0n) is 18.0. The molecule has 0 unspecified atom stereocenters. The first-order chi connectivity index (χ1) is 16.2. The number of nitrogens with zero attached hydrogens (tertiary/aromatic N) is 1. The highest BCUT2D eigenvalue weighted by molar-refractivity contribution is 5.92. The standard InChI is InChI=1S/C22H20F3N5O4/c1-26-20(31)18-12-16(8-9-27-18)34-15-5-3-4-14(11-15)29-30-21(32)28-17-10-13(22(23,24)25)6-7-19(17)33-2/h3-12,29H,1-2H3,(H,26,31)(H2,28,30,32). The molecule has 3 aromatic rings. The van der Waals surface area contributed by atoms with Crippen molar-refractivity contribution in [2.45, 2.75) is 6.18 Å². The number of amides is 3. The highest BCUT2D eigenvalue weighted by Gasteiger charge is 2.31. The summed E-state index contributed by atoms with van der Waals surface area (Å²) in [5, 5.41) is 4.77. The number of nitrogens with one attached hydrogen (secondary N) is 4. The Labute approximate surface area is 192 Å². The third-order valence-corrected chi connectivity index (χ3v) is 4.36. The van der Waals surface area contributed by atoms with Gasteiger partial charge < -0.3 is 20.1 Å². The lowest BCUT2D eigenvalue weighted by Crippen LogP contribution is -2.33. The molecule has 34 heavy (non-hydrogen) atoms. The van der Waals surface area contributed by atoms with Crippen LogP contribution in [0, 0.1) is 0 Å². The second kappa shape index (κ2) is 10.4. The van der Waals surface area contributed by atoms with E-state index in [-0.39, 0.29) is 23.0 Å². The molecule has 0 spiro atoms. The van der Waals surface area contributed by atoms with Crippen molar-refractivity contribution in [2.75, 3.05) is 24.9 Å². The summed E-state index contributed by atoms with van der Waals surface area (Å²) < 4.78 is 49.6. The second-order valence-corrected chi connectivity index (χ2v) is 6.70. The van der Waals surface area contributed by atoms with E-state index in [1.54, 1.807) is 30.3 Å². The highest BCUT2D eigenvalue weighted by atomic mass is 19.4. The summed E-state index contributed by atoms with van der Waals surface area (Å²) >= 11 is 0. The monoisotopic (exact) mass is 475 g/mol. The van der Waals surface area contributed by atoms with Gasteiger partial charge in [-0.25, -0.2) is 4.79 Å². The van der Waals surface area contributed by atoms with Crippen molar-refractivity contribution in [3.05, 3.63) is 72.1 Å². The van der Waals surface area contributed by atoms with Gasteiger partial charge in [-0.1, -0.05) is 6.07 Å². The third-order valence-electron chi connectivity index (χ3n) is 4.36. The Morgan fingerprint density at radius 3 is 2.47 bits per heavy atom. The predicted molar refractivity (Wildman–Crippen MR) is 118 cm³/mol. The van der Waals surface area contributed by atoms with Gasteiger partial charge in [-0.15, -0.1) is 0 Å². The summed E-state index contributed by atoms with van der Waals surface area (Å²) in [6.45, 7) is 0. The average molecular weight is 475 g/mol. The van der Waals surface area contributed by atoms with Gasteiger partial charge in [-0.05, 0) is 36.4 Å². The third kappa shape index (κ3) is 6.28. The van der Waals surface area contributed by atoms with E-state index in [1.807, 2.05) is 0 Å². The highest BCUT2D eigenvalue weighted by Crippen LogP contribution is 2.35. The molecule has 1 aromatic heterocycles. The number of carbonyl (C=O) groups excluding carboxylic acids is 2. The summed E-state index contributed by atoms with van der Waals surface area (Å²) in [7, 11) is 2.76. The first-order valence-electron chi connectivity index (χ1n) is 9.74. The molecule has 0 aliphatic heterocycles. The van der Waals surface area contributed by atoms with E-state index in [4.69, 9.17) is 9.47 Å². The number of aromatic nitrogens is 1. The van der Waals surface area contributed by atoms with Gasteiger partial charge in [0.1, 0.15) is 22.9 Å². The number of rotatable bonds is 7. The van der Waals surface area contributed by atoms with Crippen LogP contribution in [0.4, 0.5) is 29.3 Å². The van der Waals surface area contributed by atoms with Crippen LogP contribution >= 0.6 is 0 Å². The summed E-state index contributed by atoms with van der Waals surface area (Å²) in [6.07, 6.45) is -3.15. The normalized spacial score (nSPS) is 10.7. The molecule has 1 heterocycles. The van der Waals surface area contributed by atoms with Gasteiger partial charge in [0, 0.05) is 25.4 Å². The fourth-order valence-corrected chi connectivity index (χ4v) is 2.76. The van der Waals surface area contributed by atoms with Crippen LogP contribution in [-0.2, 0) is 6.18 Å². The van der Waals surface area contributed by atoms with Crippen molar-refractivity contribution in [3.63, 3.8) is 0 Å². The fraction of sp³-hybridized carbons (Fsp3) is 0.136. The van der Waals surface area contributed by atoms with E-state index in [2.05, 4.69) is 26.5 Å². The molecule has 9 nitrogen and oxygen atoms in total. The Kier molecular flexibility index (Phi) is 7.41. The average Bonchev–Trinajstić information content (AvgIpc) is 2.82. The Bertz CT molecular complexity index is 1190. The smallest absolute Gasteiger partial charge is 0.416 e. The molecule has 3 rings (SSSR count). The van der Waals surface area contributed by atoms with E-state index in [1.165, 1.54) is 26.4 Å². The molecule has 0 bridgehead atoms. The van der Waals surface area contributed by atoms with Crippen LogP contribution in [0.15, 0.2) is 60.8 Å². The van der Waals surface area contributed by atoms with E-state index in [0.717, 1.165) is 18.2 Å². The quantitative estimate of drug-likeness (QED) is 0.377. The summed E-state index contributed by atoms with van der Waals surface area (Å²) in [5.41, 5.74) is 4.47. The molecular weight excluding hydrogens is 455 g/mol. The Hall–Kier alpha value is -4.48. The second-order valence-electron chi connectivity index (χ2n) is 6.70. The number of ether oxygens (including phenoxy) is 2. The molecule has 0 atom stereocenters. The van der Waals surface area contributed by atoms with Gasteiger partial charge in [0.25, 0.3) is 5.91 Å². The van der Waals surface area contributed by atoms with Gasteiger partial charge in [-0.2, -0.15) is 13.2 Å². The number of hydrazine groups is 1. The minimum absolute atomic E-state index is 0.0621. The van der Waals surface area contributed by atoms with Crippen molar-refractivity contribution >= 4 is 23.3 Å². The maximum atomic E-state index is 13.0. The summed E-state index contributed by atoms with van der Waals surface area (Å²) in [4.78, 5) is 27.9. The Morgan fingerprint density at radius 2 is 1.76 bits per heavy atom. The van der Waals surface area contributed by atoms with Gasteiger partial charge in [0.15, 0.2) is 0 Å². The van der Waals surface area contributed by atoms with Crippen molar-refractivity contribution in [3.8, 4) is 17.2 Å². The Balaban J connectivity index is 1.64. The molecule has 0 aliphatic carbocycles. The largest absolute Gasteiger partial charge is 0.495 e. The molecule has 0 radical (unpaired) electrons. The van der Waals surface area contributed by atoms with E-state index >= 15 is 0 Å². The lowest BCUT2D eigenvalue weighted by molar-refractivity contribution is -0.137. The van der Waals surface area contributed by atoms with Crippen molar-refractivity contribution < 1.29 is 32.2 Å². The number of pyridine rings is 1. The number of anilines is 2. The summed E-state index contributed by atoms with van der Waals surface area (Å²) in [6, 6.07) is 11.4. The van der Waals surface area contributed by atoms with Gasteiger partial charge in [0.05, 0.1) is 24.0 Å². The SMILES string of the molecule is CNC(=O)c1cc(Oc2cccc(NNC(=O)Nc3cc(C(F)(F)F)ccc3OC)c2)ccn1. The van der Waals surface area contributed by atoms with Crippen LogP contribution in [0.5, 0.6) is 17.2 Å². The topological polar surface area (TPSA) is 114 Å². The minimum atomic E-state index is -4.58. The van der Waals surface area contributed by atoms with Gasteiger partial charge in [0.2, 0.25) is 0 Å². The number of urea groups is 1. The molecular formula is C22H20F3N5O4. The molecule has 4 N–H and O–H groups in total. The lowest BCUT2D eigenvalue weighted by atomic mass is 10.2. The van der Waals surface area contributed by atoms with Crippen LogP contribution < -0.4 is 31.0 Å². The zero-order chi connectivity index (χ0) is 24.7. The maximum absolute atomic E-state index is 13.0. The van der Waals surface area contributed by atoms with Crippen molar-refractivity contribution in [1.29, 1.82) is 0 Å². The van der Waals surface area contributed by atoms with Crippen LogP contribution in [-0.4, -0.2) is 31.1 Å². The first-order valence-corrected chi connectivity index (χ1v) is 9.74. The maximum Gasteiger partial charge on any atom is 0.416 e. The summed E-state index contributed by atoms with van der Waals surface area (Å²) in [5.74, 6) is 0.453. The minimum Gasteiger partial charge on any atom is -0.495 e. The zero-order valence-corrected chi connectivity index (χ0v) is 18.0. The Morgan fingerprint density at radius 1 is 1.00 bits per heavy atom. The van der Waals surface area contributed by atoms with E-state index in [9.17, 15) is 22.8 Å². The lowest BCUT2D eigenvalue weighted by Gasteiger charge is -2.15. The molecule has 178 valence electrons. The van der Waals surface area contributed by atoms with Crippen LogP contribution in [0.25, 0.3) is 0 Å². The molecule has 0 fully saturated rings. The number of methoxy groups -OCH3 is 1. The number of hydrogen-bond acceptors (Lipinski definition) is 6. The molecule has 0 aliphatic rings. The molecule has 2 aromatic carbocycles. The van der Waals surface area contributed by atoms with E-state index in [0.29, 0.717) is 17.2 Å². The number of alkyl halides is 3. The molecule has 12 heteroatoms. The van der Waals surface area contributed by atoms with E-state index < -0.39 is 17.8 Å². The molecule has 3 amide bonds. The fourth-order valence-electron chi connectivity index (χ4n) is 2.76. The first kappa shape index (κ1) is 24.2. The van der Waals surface area contributed by atoms with Gasteiger partial charge >= 0.3 is 12.2 Å². The number of benzene rings is 2. The number of carbonyl (C=O) groups is 2. The van der Waals surface area contributed by atoms with Crippen molar-refractivity contribution in [1.82, 2.24) is 15.7 Å². The number of halogens is 3. The van der Waals surface area contributed by atoms with Gasteiger partial charge in [-0.3, -0.25) is 20.6 Å².